The highest BCUT2D eigenvalue weighted by atomic mass is 32.2. The van der Waals surface area contributed by atoms with Crippen molar-refractivity contribution in [1.29, 1.82) is 0 Å². The molecule has 0 aromatic carbocycles. The van der Waals surface area contributed by atoms with Crippen molar-refractivity contribution >= 4 is 9.84 Å². The van der Waals surface area contributed by atoms with Gasteiger partial charge in [-0.05, 0) is 0 Å². The average molecular weight is 221 g/mol. The van der Waals surface area contributed by atoms with Gasteiger partial charge in [0.25, 0.3) is 0 Å². The summed E-state index contributed by atoms with van der Waals surface area (Å²) in [6.45, 7) is 1.40. The van der Waals surface area contributed by atoms with Crippen LogP contribution in [0.1, 0.15) is 0 Å². The highest BCUT2D eigenvalue weighted by Crippen LogP contribution is 2.06. The van der Waals surface area contributed by atoms with Gasteiger partial charge in [-0.1, -0.05) is 6.08 Å². The molecule has 1 unspecified atom stereocenters. The molecule has 0 aromatic rings. The molecule has 0 amide bonds. The molecule has 0 fully saturated rings. The number of hydrogen-bond donors (Lipinski definition) is 2. The van der Waals surface area contributed by atoms with Crippen LogP contribution in [0.3, 0.4) is 0 Å². The van der Waals surface area contributed by atoms with Crippen molar-refractivity contribution in [2.24, 2.45) is 0 Å². The first-order valence-corrected chi connectivity index (χ1v) is 6.18. The summed E-state index contributed by atoms with van der Waals surface area (Å²) in [6, 6.07) is -0.0993. The Hall–Kier alpha value is -0.430. The number of hydrogen-bond acceptors (Lipinski definition) is 5. The van der Waals surface area contributed by atoms with E-state index in [1.165, 1.54) is 5.41 Å². The first-order chi connectivity index (χ1) is 6.64. The number of rotatable bonds is 6. The van der Waals surface area contributed by atoms with E-state index in [9.17, 15) is 8.42 Å². The van der Waals surface area contributed by atoms with Crippen molar-refractivity contribution in [3.05, 3.63) is 11.5 Å². The lowest BCUT2D eigenvalue weighted by Gasteiger charge is -2.09. The van der Waals surface area contributed by atoms with Gasteiger partial charge < -0.3 is 15.2 Å². The summed E-state index contributed by atoms with van der Waals surface area (Å²) < 4.78 is 27.0. The van der Waals surface area contributed by atoms with E-state index in [-0.39, 0.29) is 18.4 Å². The molecule has 1 rings (SSSR count). The lowest BCUT2D eigenvalue weighted by atomic mass is 10.3. The molecule has 1 heterocycles. The van der Waals surface area contributed by atoms with Crippen LogP contribution in [-0.4, -0.2) is 51.7 Å². The fourth-order valence-electron chi connectivity index (χ4n) is 1.19. The van der Waals surface area contributed by atoms with Gasteiger partial charge in [-0.15, -0.1) is 0 Å². The quantitative estimate of drug-likeness (QED) is 0.557. The van der Waals surface area contributed by atoms with Gasteiger partial charge in [-0.25, -0.2) is 8.42 Å². The van der Waals surface area contributed by atoms with E-state index in [1.807, 2.05) is 0 Å². The molecule has 6 heteroatoms. The van der Waals surface area contributed by atoms with Crippen LogP contribution >= 0.6 is 0 Å². The summed E-state index contributed by atoms with van der Waals surface area (Å²) in [5.74, 6) is 0.132. The minimum atomic E-state index is -2.97. The van der Waals surface area contributed by atoms with Gasteiger partial charge in [0.05, 0.1) is 25.6 Å². The van der Waals surface area contributed by atoms with Crippen molar-refractivity contribution in [1.82, 2.24) is 5.32 Å². The van der Waals surface area contributed by atoms with Gasteiger partial charge in [-0.3, -0.25) is 0 Å². The van der Waals surface area contributed by atoms with Crippen LogP contribution in [-0.2, 0) is 14.6 Å². The first kappa shape index (κ1) is 11.6. The van der Waals surface area contributed by atoms with Crippen LogP contribution in [0.4, 0.5) is 0 Å². The van der Waals surface area contributed by atoms with Gasteiger partial charge >= 0.3 is 0 Å². The van der Waals surface area contributed by atoms with E-state index in [1.54, 1.807) is 6.08 Å². The molecule has 0 spiro atoms. The van der Waals surface area contributed by atoms with Crippen LogP contribution < -0.4 is 5.32 Å². The molecule has 14 heavy (non-hydrogen) atoms. The van der Waals surface area contributed by atoms with E-state index in [0.29, 0.717) is 19.8 Å². The van der Waals surface area contributed by atoms with E-state index >= 15 is 0 Å². The monoisotopic (exact) mass is 221 g/mol. The highest BCUT2D eigenvalue weighted by Gasteiger charge is 2.20. The summed E-state index contributed by atoms with van der Waals surface area (Å²) in [5, 5.41) is 12.7. The number of ether oxygens (including phenoxy) is 1. The average Bonchev–Trinajstić information content (AvgIpc) is 2.45. The SMILES string of the molecule is O=S1(=O)C=CC(NCCOCCO)C1. The van der Waals surface area contributed by atoms with Gasteiger partial charge in [0.1, 0.15) is 0 Å². The van der Waals surface area contributed by atoms with Crippen molar-refractivity contribution in [3.8, 4) is 0 Å². The fourth-order valence-corrected chi connectivity index (χ4v) is 2.46. The predicted octanol–water partition coefficient (Wildman–Crippen LogP) is -1.10. The van der Waals surface area contributed by atoms with Gasteiger partial charge in [0, 0.05) is 18.0 Å². The van der Waals surface area contributed by atoms with E-state index < -0.39 is 9.84 Å². The smallest absolute Gasteiger partial charge is 0.173 e. The first-order valence-electron chi connectivity index (χ1n) is 4.47. The Kier molecular flexibility index (Phi) is 4.53. The molecule has 0 radical (unpaired) electrons. The molecular formula is C8H15NO4S. The Morgan fingerprint density at radius 2 is 2.29 bits per heavy atom. The maximum Gasteiger partial charge on any atom is 0.173 e. The zero-order valence-electron chi connectivity index (χ0n) is 7.85. The molecule has 0 saturated heterocycles. The second kappa shape index (κ2) is 5.45. The Morgan fingerprint density at radius 3 is 2.86 bits per heavy atom. The van der Waals surface area contributed by atoms with E-state index in [4.69, 9.17) is 9.84 Å². The Morgan fingerprint density at radius 1 is 1.50 bits per heavy atom. The van der Waals surface area contributed by atoms with E-state index in [0.717, 1.165) is 0 Å². The lowest BCUT2D eigenvalue weighted by Crippen LogP contribution is -2.32. The van der Waals surface area contributed by atoms with Crippen molar-refractivity contribution in [3.63, 3.8) is 0 Å². The maximum atomic E-state index is 11.0. The van der Waals surface area contributed by atoms with Gasteiger partial charge in [-0.2, -0.15) is 0 Å². The Labute approximate surface area is 83.7 Å². The number of aliphatic hydroxyl groups is 1. The van der Waals surface area contributed by atoms with E-state index in [2.05, 4.69) is 5.32 Å². The summed E-state index contributed by atoms with van der Waals surface area (Å²) in [7, 11) is -2.97. The third-order valence-corrected chi connectivity index (χ3v) is 3.21. The molecule has 0 aromatic heterocycles. The molecular weight excluding hydrogens is 206 g/mol. The molecule has 0 aliphatic carbocycles. The largest absolute Gasteiger partial charge is 0.394 e. The molecule has 1 aliphatic heterocycles. The van der Waals surface area contributed by atoms with Crippen LogP contribution in [0.15, 0.2) is 11.5 Å². The second-order valence-corrected chi connectivity index (χ2v) is 4.99. The second-order valence-electron chi connectivity index (χ2n) is 3.05. The lowest BCUT2D eigenvalue weighted by molar-refractivity contribution is 0.0935. The van der Waals surface area contributed by atoms with Crippen molar-refractivity contribution in [2.75, 3.05) is 32.1 Å². The predicted molar refractivity (Wildman–Crippen MR) is 52.6 cm³/mol. The minimum Gasteiger partial charge on any atom is -0.394 e. The van der Waals surface area contributed by atoms with Crippen molar-refractivity contribution in [2.45, 2.75) is 6.04 Å². The third-order valence-electron chi connectivity index (χ3n) is 1.82. The van der Waals surface area contributed by atoms with Gasteiger partial charge in [0.2, 0.25) is 0 Å². The highest BCUT2D eigenvalue weighted by molar-refractivity contribution is 7.94. The Bertz CT molecular complexity index is 286. The summed E-state index contributed by atoms with van der Waals surface area (Å²) in [4.78, 5) is 0. The molecule has 0 bridgehead atoms. The molecule has 1 atom stereocenters. The Balaban J connectivity index is 2.07. The van der Waals surface area contributed by atoms with Gasteiger partial charge in [0.15, 0.2) is 9.84 Å². The maximum absolute atomic E-state index is 11.0. The summed E-state index contributed by atoms with van der Waals surface area (Å²) >= 11 is 0. The van der Waals surface area contributed by atoms with Crippen LogP contribution in [0.2, 0.25) is 0 Å². The van der Waals surface area contributed by atoms with Crippen molar-refractivity contribution < 1.29 is 18.3 Å². The zero-order valence-corrected chi connectivity index (χ0v) is 8.66. The number of aliphatic hydroxyl groups excluding tert-OH is 1. The minimum absolute atomic E-state index is 0.0116. The standard InChI is InChI=1S/C8H15NO4S/c10-3-5-13-4-2-9-8-1-6-14(11,12)7-8/h1,6,8-10H,2-5,7H2. The van der Waals surface area contributed by atoms with Crippen LogP contribution in [0.25, 0.3) is 0 Å². The molecule has 2 N–H and O–H groups in total. The zero-order chi connectivity index (χ0) is 10.4. The molecule has 1 aliphatic rings. The molecule has 0 saturated carbocycles. The third kappa shape index (κ3) is 4.19. The molecule has 5 nitrogen and oxygen atoms in total. The summed E-state index contributed by atoms with van der Waals surface area (Å²) in [5.41, 5.74) is 0. The van der Waals surface area contributed by atoms with Crippen LogP contribution in [0.5, 0.6) is 0 Å². The van der Waals surface area contributed by atoms with Crippen LogP contribution in [0, 0.1) is 0 Å². The number of sulfone groups is 1. The summed E-state index contributed by atoms with van der Waals surface area (Å²) in [6.07, 6.45) is 1.64. The normalized spacial score (nSPS) is 24.2. The number of nitrogens with one attached hydrogen (secondary N) is 1. The molecule has 82 valence electrons. The topological polar surface area (TPSA) is 75.6 Å². The fraction of sp³-hybridized carbons (Fsp3) is 0.750.